The Bertz CT molecular complexity index is 786. The molecule has 6 nitrogen and oxygen atoms in total. The second kappa shape index (κ2) is 8.86. The third-order valence-electron chi connectivity index (χ3n) is 3.56. The van der Waals surface area contributed by atoms with Crippen molar-refractivity contribution in [1.82, 2.24) is 5.32 Å². The molecule has 3 N–H and O–H groups in total. The Labute approximate surface area is 164 Å². The number of phenols is 1. The molecule has 0 radical (unpaired) electrons. The highest BCUT2D eigenvalue weighted by atomic mass is 35.5. The van der Waals surface area contributed by atoms with Crippen molar-refractivity contribution in [2.75, 3.05) is 19.0 Å². The molecule has 1 amide bonds. The fraction of sp³-hybridized carbons (Fsp3) is 0.350. The number of methoxy groups -OCH3 is 1. The van der Waals surface area contributed by atoms with Crippen molar-refractivity contribution in [3.05, 3.63) is 47.0 Å². The number of nitrogens with one attached hydrogen (secondary N) is 2. The van der Waals surface area contributed by atoms with Crippen LogP contribution in [-0.2, 0) is 11.3 Å². The van der Waals surface area contributed by atoms with Crippen LogP contribution >= 0.6 is 11.6 Å². The van der Waals surface area contributed by atoms with Gasteiger partial charge in [-0.25, -0.2) is 0 Å². The van der Waals surface area contributed by atoms with Crippen LogP contribution in [0.5, 0.6) is 17.2 Å². The summed E-state index contributed by atoms with van der Waals surface area (Å²) in [7, 11) is 1.53. The molecule has 27 heavy (non-hydrogen) atoms. The zero-order valence-corrected chi connectivity index (χ0v) is 16.7. The summed E-state index contributed by atoms with van der Waals surface area (Å²) in [5.41, 5.74) is 1.33. The summed E-state index contributed by atoms with van der Waals surface area (Å²) >= 11 is 6.36. The first-order valence-corrected chi connectivity index (χ1v) is 8.89. The second-order valence-electron chi connectivity index (χ2n) is 7.08. The van der Waals surface area contributed by atoms with Crippen LogP contribution in [0.25, 0.3) is 0 Å². The average Bonchev–Trinajstić information content (AvgIpc) is 2.59. The first kappa shape index (κ1) is 20.7. The molecule has 0 saturated heterocycles. The van der Waals surface area contributed by atoms with Crippen molar-refractivity contribution in [3.63, 3.8) is 0 Å². The summed E-state index contributed by atoms with van der Waals surface area (Å²) in [4.78, 5) is 11.9. The number of ether oxygens (including phenoxy) is 2. The van der Waals surface area contributed by atoms with Gasteiger partial charge in [0.25, 0.3) is 5.91 Å². The molecular formula is C20H25ClN2O4. The Morgan fingerprint density at radius 2 is 1.81 bits per heavy atom. The maximum atomic E-state index is 11.9. The van der Waals surface area contributed by atoms with E-state index in [0.717, 1.165) is 11.3 Å². The summed E-state index contributed by atoms with van der Waals surface area (Å²) in [6.07, 6.45) is 0. The first-order valence-electron chi connectivity index (χ1n) is 8.51. The highest BCUT2D eigenvalue weighted by Gasteiger charge is 2.16. The second-order valence-corrected chi connectivity index (χ2v) is 7.49. The molecule has 0 aromatic heterocycles. The van der Waals surface area contributed by atoms with E-state index >= 15 is 0 Å². The lowest BCUT2D eigenvalue weighted by atomic mass is 10.1. The summed E-state index contributed by atoms with van der Waals surface area (Å²) in [5, 5.41) is 15.9. The summed E-state index contributed by atoms with van der Waals surface area (Å²) in [5.74, 6) is 0.876. The molecule has 0 aliphatic heterocycles. The van der Waals surface area contributed by atoms with E-state index in [4.69, 9.17) is 21.1 Å². The van der Waals surface area contributed by atoms with Crippen molar-refractivity contribution in [3.8, 4) is 17.2 Å². The van der Waals surface area contributed by atoms with Gasteiger partial charge in [0.2, 0.25) is 0 Å². The van der Waals surface area contributed by atoms with Crippen LogP contribution in [-0.4, -0.2) is 30.3 Å². The van der Waals surface area contributed by atoms with Crippen molar-refractivity contribution < 1.29 is 19.4 Å². The fourth-order valence-corrected chi connectivity index (χ4v) is 2.58. The Balaban J connectivity index is 2.05. The standard InChI is InChI=1S/C20H25ClN2O4/c1-20(2,3)23-19(25)12-27-18-10-16(21)13(9-17(18)26-4)11-22-14-5-7-15(24)8-6-14/h5-10,22,24H,11-12H2,1-4H3,(H,23,25). The Kier molecular flexibility index (Phi) is 6.80. The number of halogens is 1. The molecule has 0 atom stereocenters. The van der Waals surface area contributed by atoms with Gasteiger partial charge in [-0.15, -0.1) is 0 Å². The van der Waals surface area contributed by atoms with Crippen LogP contribution in [0.1, 0.15) is 26.3 Å². The van der Waals surface area contributed by atoms with E-state index in [9.17, 15) is 9.90 Å². The fourth-order valence-electron chi connectivity index (χ4n) is 2.36. The molecule has 0 saturated carbocycles. The van der Waals surface area contributed by atoms with Crippen LogP contribution in [0.3, 0.4) is 0 Å². The number of aromatic hydroxyl groups is 1. The van der Waals surface area contributed by atoms with Gasteiger partial charge in [0.05, 0.1) is 7.11 Å². The van der Waals surface area contributed by atoms with E-state index in [0.29, 0.717) is 23.1 Å². The highest BCUT2D eigenvalue weighted by Crippen LogP contribution is 2.33. The molecule has 0 unspecified atom stereocenters. The number of anilines is 1. The average molecular weight is 393 g/mol. The molecule has 0 aliphatic rings. The van der Waals surface area contributed by atoms with Gasteiger partial charge in [-0.2, -0.15) is 0 Å². The minimum atomic E-state index is -0.327. The van der Waals surface area contributed by atoms with Gasteiger partial charge >= 0.3 is 0 Å². The number of benzene rings is 2. The van der Waals surface area contributed by atoms with Gasteiger partial charge < -0.3 is 25.2 Å². The Morgan fingerprint density at radius 1 is 1.15 bits per heavy atom. The normalized spacial score (nSPS) is 11.0. The molecule has 0 bridgehead atoms. The van der Waals surface area contributed by atoms with Crippen molar-refractivity contribution in [2.45, 2.75) is 32.9 Å². The number of carbonyl (C=O) groups is 1. The molecule has 2 aromatic carbocycles. The van der Waals surface area contributed by atoms with Crippen molar-refractivity contribution in [1.29, 1.82) is 0 Å². The van der Waals surface area contributed by atoms with Gasteiger partial charge in [0, 0.05) is 28.9 Å². The quantitative estimate of drug-likeness (QED) is 0.621. The first-order chi connectivity index (χ1) is 12.7. The minimum Gasteiger partial charge on any atom is -0.508 e. The van der Waals surface area contributed by atoms with Gasteiger partial charge in [-0.05, 0) is 56.7 Å². The lowest BCUT2D eigenvalue weighted by Gasteiger charge is -2.21. The van der Waals surface area contributed by atoms with Gasteiger partial charge in [-0.1, -0.05) is 11.6 Å². The van der Waals surface area contributed by atoms with Crippen LogP contribution < -0.4 is 20.1 Å². The highest BCUT2D eigenvalue weighted by molar-refractivity contribution is 6.31. The van der Waals surface area contributed by atoms with Gasteiger partial charge in [0.15, 0.2) is 18.1 Å². The van der Waals surface area contributed by atoms with E-state index in [1.54, 1.807) is 36.4 Å². The van der Waals surface area contributed by atoms with Gasteiger partial charge in [-0.3, -0.25) is 4.79 Å². The summed E-state index contributed by atoms with van der Waals surface area (Å²) < 4.78 is 10.9. The topological polar surface area (TPSA) is 79.8 Å². The SMILES string of the molecule is COc1cc(CNc2ccc(O)cc2)c(Cl)cc1OCC(=O)NC(C)(C)C. The molecule has 0 heterocycles. The largest absolute Gasteiger partial charge is 0.508 e. The van der Waals surface area contributed by atoms with E-state index in [-0.39, 0.29) is 23.8 Å². The number of rotatable bonds is 7. The lowest BCUT2D eigenvalue weighted by molar-refractivity contribution is -0.124. The molecule has 2 aromatic rings. The van der Waals surface area contributed by atoms with Crippen LogP contribution in [0, 0.1) is 0 Å². The van der Waals surface area contributed by atoms with E-state index < -0.39 is 0 Å². The zero-order chi connectivity index (χ0) is 20.0. The third-order valence-corrected chi connectivity index (χ3v) is 3.91. The monoisotopic (exact) mass is 392 g/mol. The van der Waals surface area contributed by atoms with Gasteiger partial charge in [0.1, 0.15) is 5.75 Å². The Morgan fingerprint density at radius 3 is 2.41 bits per heavy atom. The van der Waals surface area contributed by atoms with Crippen molar-refractivity contribution in [2.24, 2.45) is 0 Å². The molecule has 7 heteroatoms. The predicted octanol–water partition coefficient (Wildman–Crippen LogP) is 3.96. The molecule has 0 spiro atoms. The Hall–Kier alpha value is -2.60. The van der Waals surface area contributed by atoms with Crippen LogP contribution in [0.2, 0.25) is 5.02 Å². The molecule has 2 rings (SSSR count). The number of amides is 1. The molecule has 0 fully saturated rings. The number of hydrogen-bond acceptors (Lipinski definition) is 5. The van der Waals surface area contributed by atoms with E-state index in [1.165, 1.54) is 7.11 Å². The zero-order valence-electron chi connectivity index (χ0n) is 15.9. The maximum Gasteiger partial charge on any atom is 0.258 e. The maximum absolute atomic E-state index is 11.9. The number of hydrogen-bond donors (Lipinski definition) is 3. The van der Waals surface area contributed by atoms with Crippen LogP contribution in [0.15, 0.2) is 36.4 Å². The van der Waals surface area contributed by atoms with E-state index in [2.05, 4.69) is 10.6 Å². The summed E-state index contributed by atoms with van der Waals surface area (Å²) in [6, 6.07) is 10.1. The minimum absolute atomic E-state index is 0.130. The lowest BCUT2D eigenvalue weighted by Crippen LogP contribution is -2.43. The van der Waals surface area contributed by atoms with E-state index in [1.807, 2.05) is 20.8 Å². The smallest absolute Gasteiger partial charge is 0.258 e. The summed E-state index contributed by atoms with van der Waals surface area (Å²) in [6.45, 7) is 6.04. The third kappa shape index (κ3) is 6.57. The van der Waals surface area contributed by atoms with Crippen molar-refractivity contribution >= 4 is 23.2 Å². The molecule has 0 aliphatic carbocycles. The number of carbonyl (C=O) groups excluding carboxylic acids is 1. The predicted molar refractivity (Wildman–Crippen MR) is 107 cm³/mol. The molecular weight excluding hydrogens is 368 g/mol. The number of phenolic OH excluding ortho intramolecular Hbond substituents is 1. The van der Waals surface area contributed by atoms with Crippen LogP contribution in [0.4, 0.5) is 5.69 Å². The molecule has 146 valence electrons.